The first kappa shape index (κ1) is 49.7. The highest BCUT2D eigenvalue weighted by Crippen LogP contribution is 2.42. The maximum Gasteiger partial charge on any atom is 0.167 e. The monoisotopic (exact) mass is 1160 g/mol. The van der Waals surface area contributed by atoms with E-state index in [1.165, 1.54) is 0 Å². The topological polar surface area (TPSA) is 156 Å². The van der Waals surface area contributed by atoms with Crippen molar-refractivity contribution in [1.29, 1.82) is 0 Å². The second-order valence-electron chi connectivity index (χ2n) is 22.4. The number of hydrogen-bond donors (Lipinski definition) is 0. The summed E-state index contributed by atoms with van der Waals surface area (Å²) in [5.41, 5.74) is 14.6. The predicted molar refractivity (Wildman–Crippen MR) is 356 cm³/mol. The van der Waals surface area contributed by atoms with Crippen LogP contribution in [0.25, 0.3) is 200 Å². The van der Waals surface area contributed by atoms with Crippen LogP contribution in [0.1, 0.15) is 0 Å². The minimum atomic E-state index is 0.501. The lowest BCUT2D eigenvalue weighted by Gasteiger charge is -2.09. The number of furan rings is 6. The Morgan fingerprint density at radius 1 is 0.167 bits per heavy atom. The summed E-state index contributed by atoms with van der Waals surface area (Å²) in [6.07, 6.45) is 0. The van der Waals surface area contributed by atoms with Gasteiger partial charge in [-0.2, -0.15) is 0 Å². The van der Waals surface area contributed by atoms with E-state index < -0.39 is 0 Å². The fourth-order valence-electron chi connectivity index (χ4n) is 12.9. The van der Waals surface area contributed by atoms with Crippen molar-refractivity contribution < 1.29 is 26.5 Å². The fourth-order valence-corrected chi connectivity index (χ4v) is 12.9. The molecule has 0 atom stereocenters. The third kappa shape index (κ3) is 7.88. The van der Waals surface area contributed by atoms with Gasteiger partial charge in [0.2, 0.25) is 0 Å². The molecule has 90 heavy (non-hydrogen) atoms. The smallest absolute Gasteiger partial charge is 0.167 e. The molecule has 12 heteroatoms. The summed E-state index contributed by atoms with van der Waals surface area (Å²) in [5.74, 6) is 3.24. The summed E-state index contributed by atoms with van der Waals surface area (Å²) >= 11 is 0. The molecule has 12 aromatic carbocycles. The zero-order chi connectivity index (χ0) is 59.0. The second kappa shape index (κ2) is 19.5. The number of fused-ring (bicyclic) bond motifs is 18. The Morgan fingerprint density at radius 3 is 0.678 bits per heavy atom. The summed E-state index contributed by atoms with van der Waals surface area (Å²) in [4.78, 5) is 30.4. The van der Waals surface area contributed by atoms with Gasteiger partial charge in [-0.25, -0.2) is 29.9 Å². The molecule has 0 aliphatic rings. The Morgan fingerprint density at radius 2 is 0.389 bits per heavy atom. The highest BCUT2D eigenvalue weighted by Gasteiger charge is 2.24. The number of nitrogens with zero attached hydrogens (tertiary/aromatic N) is 6. The van der Waals surface area contributed by atoms with Gasteiger partial charge in [-0.3, -0.25) is 0 Å². The van der Waals surface area contributed by atoms with E-state index in [4.69, 9.17) is 56.4 Å². The van der Waals surface area contributed by atoms with E-state index in [0.717, 1.165) is 165 Å². The normalized spacial score (nSPS) is 12.0. The SMILES string of the molecule is c1ccc2c(c1)oc1c(-c3nc(-c4cccc5c4oc4ccccc45)nc(-c4cccc5c4oc4ccccc45)n3)cccc12.c1ccc2c(c1)oc1ccc(-c3nc(-c4ccc5oc6ccccc6c5c4)nc(-c4ccc5oc6ccccc6c5c4)n3)cc12. The number of benzene rings is 12. The van der Waals surface area contributed by atoms with Crippen molar-refractivity contribution >= 4 is 132 Å². The average Bonchev–Trinajstić information content (AvgIpc) is 1.88. The van der Waals surface area contributed by atoms with E-state index >= 15 is 0 Å². The van der Waals surface area contributed by atoms with E-state index in [9.17, 15) is 0 Å². The Labute approximate surface area is 508 Å². The van der Waals surface area contributed by atoms with E-state index in [1.54, 1.807) is 0 Å². The molecule has 20 rings (SSSR count). The number of rotatable bonds is 6. The lowest BCUT2D eigenvalue weighted by molar-refractivity contribution is 0.668. The van der Waals surface area contributed by atoms with Gasteiger partial charge in [-0.05, 0) is 109 Å². The summed E-state index contributed by atoms with van der Waals surface area (Å²) in [5, 5.41) is 12.4. The number of para-hydroxylation sites is 9. The largest absolute Gasteiger partial charge is 0.456 e. The average molecular weight is 1160 g/mol. The van der Waals surface area contributed by atoms with Crippen molar-refractivity contribution in [2.45, 2.75) is 0 Å². The van der Waals surface area contributed by atoms with Gasteiger partial charge in [0, 0.05) is 81.3 Å². The van der Waals surface area contributed by atoms with Crippen LogP contribution >= 0.6 is 0 Å². The molecule has 0 fully saturated rings. The molecule has 12 nitrogen and oxygen atoms in total. The maximum absolute atomic E-state index is 6.41. The van der Waals surface area contributed by atoms with Crippen LogP contribution in [0.5, 0.6) is 0 Å². The molecule has 0 unspecified atom stereocenters. The van der Waals surface area contributed by atoms with Crippen LogP contribution in [0.4, 0.5) is 0 Å². The molecule has 0 bridgehead atoms. The van der Waals surface area contributed by atoms with Crippen molar-refractivity contribution in [3.8, 4) is 68.3 Å². The molecule has 420 valence electrons. The van der Waals surface area contributed by atoms with Gasteiger partial charge in [0.1, 0.15) is 67.0 Å². The van der Waals surface area contributed by atoms with Gasteiger partial charge in [0.25, 0.3) is 0 Å². The second-order valence-corrected chi connectivity index (χ2v) is 22.4. The summed E-state index contributed by atoms with van der Waals surface area (Å²) < 4.78 is 37.5. The highest BCUT2D eigenvalue weighted by molar-refractivity contribution is 6.13. The minimum absolute atomic E-state index is 0.501. The molecular weight excluding hydrogens is 1120 g/mol. The van der Waals surface area contributed by atoms with Crippen LogP contribution in [-0.4, -0.2) is 29.9 Å². The summed E-state index contributed by atoms with van der Waals surface area (Å²) in [6, 6.07) is 84.9. The molecule has 0 saturated heterocycles. The predicted octanol–water partition coefficient (Wildman–Crippen LogP) is 21.1. The molecular formula is C78H42N6O6. The van der Waals surface area contributed by atoms with Crippen LogP contribution in [0, 0.1) is 0 Å². The maximum atomic E-state index is 6.41. The third-order valence-electron chi connectivity index (χ3n) is 17.1. The Kier molecular flexibility index (Phi) is 10.8. The van der Waals surface area contributed by atoms with Crippen LogP contribution < -0.4 is 0 Å². The van der Waals surface area contributed by atoms with Gasteiger partial charge in [-0.1, -0.05) is 146 Å². The molecule has 0 saturated carbocycles. The van der Waals surface area contributed by atoms with Crippen LogP contribution in [0.3, 0.4) is 0 Å². The van der Waals surface area contributed by atoms with Crippen molar-refractivity contribution in [2.75, 3.05) is 0 Å². The van der Waals surface area contributed by atoms with Gasteiger partial charge in [-0.15, -0.1) is 0 Å². The first-order chi connectivity index (χ1) is 44.5. The van der Waals surface area contributed by atoms with Crippen LogP contribution in [0.15, 0.2) is 281 Å². The zero-order valence-electron chi connectivity index (χ0n) is 47.4. The first-order valence-electron chi connectivity index (χ1n) is 29.5. The Bertz CT molecular complexity index is 5710. The van der Waals surface area contributed by atoms with E-state index in [0.29, 0.717) is 34.9 Å². The standard InChI is InChI=1S/2C39H21N3O3/c1-4-19-31-22(10-1)25-13-7-16-28(34(25)43-31)37-40-38(29-17-8-14-26-23-11-2-5-20-32(23)44-35(26)29)42-39(41-37)30-18-9-15-27-24-12-3-6-21-33(24)45-36(27)30;1-4-10-31-25(7-1)28-19-22(13-16-34(28)43-31)37-40-38(23-14-17-35-29(20-23)26-8-2-5-11-32(26)44-35)42-39(41-37)24-15-18-36-30(21-24)27-9-3-6-12-33(27)45-36/h2*1-21H. The van der Waals surface area contributed by atoms with Crippen LogP contribution in [-0.2, 0) is 0 Å². The lowest BCUT2D eigenvalue weighted by atomic mass is 10.1. The number of aromatic nitrogens is 6. The molecule has 20 aromatic rings. The van der Waals surface area contributed by atoms with Gasteiger partial charge in [0.05, 0.1) is 16.7 Å². The molecule has 8 aromatic heterocycles. The number of hydrogen-bond acceptors (Lipinski definition) is 12. The van der Waals surface area contributed by atoms with E-state index in [-0.39, 0.29) is 0 Å². The van der Waals surface area contributed by atoms with Crippen LogP contribution in [0.2, 0.25) is 0 Å². The van der Waals surface area contributed by atoms with Crippen molar-refractivity contribution in [1.82, 2.24) is 29.9 Å². The molecule has 0 spiro atoms. The molecule has 0 aliphatic heterocycles. The summed E-state index contributed by atoms with van der Waals surface area (Å²) in [6.45, 7) is 0. The van der Waals surface area contributed by atoms with Crippen molar-refractivity contribution in [2.24, 2.45) is 0 Å². The Hall–Kier alpha value is -12.5. The third-order valence-corrected chi connectivity index (χ3v) is 17.1. The summed E-state index contributed by atoms with van der Waals surface area (Å²) in [7, 11) is 0. The molecule has 0 N–H and O–H groups in total. The van der Waals surface area contributed by atoms with Gasteiger partial charge < -0.3 is 26.5 Å². The van der Waals surface area contributed by atoms with Gasteiger partial charge >= 0.3 is 0 Å². The minimum Gasteiger partial charge on any atom is -0.456 e. The highest BCUT2D eigenvalue weighted by atomic mass is 16.3. The molecule has 0 radical (unpaired) electrons. The first-order valence-corrected chi connectivity index (χ1v) is 29.5. The zero-order valence-corrected chi connectivity index (χ0v) is 47.4. The Balaban J connectivity index is 0.000000130. The van der Waals surface area contributed by atoms with Gasteiger partial charge in [0.15, 0.2) is 34.9 Å². The molecule has 0 aliphatic carbocycles. The lowest BCUT2D eigenvalue weighted by Crippen LogP contribution is -2.00. The quantitative estimate of drug-likeness (QED) is 0.155. The fraction of sp³-hybridized carbons (Fsp3) is 0. The molecule has 0 amide bonds. The van der Waals surface area contributed by atoms with E-state index in [1.807, 2.05) is 182 Å². The molecule has 8 heterocycles. The van der Waals surface area contributed by atoms with Crippen molar-refractivity contribution in [3.05, 3.63) is 255 Å². The van der Waals surface area contributed by atoms with Crippen molar-refractivity contribution in [3.63, 3.8) is 0 Å². The van der Waals surface area contributed by atoms with E-state index in [2.05, 4.69) is 72.8 Å².